The number of carbonyl (C=O) groups is 1. The lowest BCUT2D eigenvalue weighted by molar-refractivity contribution is 0.0954. The Morgan fingerprint density at radius 2 is 1.58 bits per heavy atom. The van der Waals surface area contributed by atoms with E-state index in [9.17, 15) is 4.79 Å². The lowest BCUT2D eigenvalue weighted by atomic mass is 10.2. The minimum Gasteiger partial charge on any atom is -0.267 e. The van der Waals surface area contributed by atoms with Crippen molar-refractivity contribution >= 4 is 51.4 Å². The Labute approximate surface area is 169 Å². The van der Waals surface area contributed by atoms with Crippen molar-refractivity contribution in [2.75, 3.05) is 0 Å². The Hall–Kier alpha value is -2.08. The zero-order valence-electron chi connectivity index (χ0n) is 13.5. The van der Waals surface area contributed by atoms with Gasteiger partial charge in [0.05, 0.1) is 11.8 Å². The first-order valence-electron chi connectivity index (χ1n) is 7.73. The first-order chi connectivity index (χ1) is 12.6. The van der Waals surface area contributed by atoms with Gasteiger partial charge < -0.3 is 0 Å². The highest BCUT2D eigenvalue weighted by molar-refractivity contribution is 9.10. The number of carbonyl (C=O) groups excluding carboxylic acids is 1. The van der Waals surface area contributed by atoms with Crippen molar-refractivity contribution < 1.29 is 4.79 Å². The summed E-state index contributed by atoms with van der Waals surface area (Å²) in [7, 11) is 0. The summed E-state index contributed by atoms with van der Waals surface area (Å²) < 4.78 is 0.733. The van der Waals surface area contributed by atoms with E-state index in [0.29, 0.717) is 5.56 Å². The molecule has 0 fully saturated rings. The van der Waals surface area contributed by atoms with Crippen LogP contribution in [0.2, 0.25) is 5.02 Å². The molecule has 0 bridgehead atoms. The zero-order chi connectivity index (χ0) is 18.4. The standard InChI is InChI=1S/C20H14BrClN2OS/c21-19-4-2-1-3-18(19)20(25)24-23-13-14-5-9-16(10-6-14)26-17-11-7-15(22)8-12-17/h1-13H,(H,24,25)/b23-13-. The van der Waals surface area contributed by atoms with Crippen LogP contribution in [0.15, 0.2) is 92.2 Å². The van der Waals surface area contributed by atoms with Gasteiger partial charge in [-0.05, 0) is 70.0 Å². The predicted octanol–water partition coefficient (Wildman–Crippen LogP) is 6.02. The van der Waals surface area contributed by atoms with Gasteiger partial charge in [0, 0.05) is 19.3 Å². The van der Waals surface area contributed by atoms with Gasteiger partial charge in [-0.3, -0.25) is 4.79 Å². The molecule has 0 radical (unpaired) electrons. The maximum Gasteiger partial charge on any atom is 0.272 e. The Bertz CT molecular complexity index is 927. The van der Waals surface area contributed by atoms with Crippen LogP contribution in [-0.4, -0.2) is 12.1 Å². The van der Waals surface area contributed by atoms with Crippen LogP contribution in [0.3, 0.4) is 0 Å². The van der Waals surface area contributed by atoms with Crippen molar-refractivity contribution in [1.29, 1.82) is 0 Å². The Balaban J connectivity index is 1.58. The fraction of sp³-hybridized carbons (Fsp3) is 0. The molecule has 0 aliphatic carbocycles. The SMILES string of the molecule is O=C(N/N=C\c1ccc(Sc2ccc(Cl)cc2)cc1)c1ccccc1Br. The van der Waals surface area contributed by atoms with E-state index >= 15 is 0 Å². The molecule has 3 aromatic carbocycles. The molecule has 0 aliphatic heterocycles. The van der Waals surface area contributed by atoms with E-state index in [1.807, 2.05) is 60.7 Å². The topological polar surface area (TPSA) is 41.5 Å². The summed E-state index contributed by atoms with van der Waals surface area (Å²) >= 11 is 10.9. The molecule has 0 spiro atoms. The Kier molecular flexibility index (Phi) is 6.50. The average Bonchev–Trinajstić information content (AvgIpc) is 2.65. The van der Waals surface area contributed by atoms with Gasteiger partial charge in [0.25, 0.3) is 5.91 Å². The molecule has 3 rings (SSSR count). The largest absolute Gasteiger partial charge is 0.272 e. The highest BCUT2D eigenvalue weighted by Gasteiger charge is 2.07. The molecule has 3 aromatic rings. The van der Waals surface area contributed by atoms with Crippen LogP contribution in [-0.2, 0) is 0 Å². The summed E-state index contributed by atoms with van der Waals surface area (Å²) in [5.74, 6) is -0.261. The molecule has 26 heavy (non-hydrogen) atoms. The molecule has 0 saturated heterocycles. The quantitative estimate of drug-likeness (QED) is 0.385. The molecule has 6 heteroatoms. The minimum atomic E-state index is -0.261. The van der Waals surface area contributed by atoms with E-state index in [0.717, 1.165) is 24.8 Å². The van der Waals surface area contributed by atoms with Crippen molar-refractivity contribution in [3.8, 4) is 0 Å². The number of rotatable bonds is 5. The van der Waals surface area contributed by atoms with Gasteiger partial charge in [-0.25, -0.2) is 5.43 Å². The van der Waals surface area contributed by atoms with Gasteiger partial charge >= 0.3 is 0 Å². The molecule has 1 amide bonds. The number of benzene rings is 3. The first kappa shape index (κ1) is 18.7. The normalized spacial score (nSPS) is 10.8. The fourth-order valence-electron chi connectivity index (χ4n) is 2.13. The predicted molar refractivity (Wildman–Crippen MR) is 111 cm³/mol. The van der Waals surface area contributed by atoms with Crippen molar-refractivity contribution in [3.05, 3.63) is 93.4 Å². The van der Waals surface area contributed by atoms with Crippen molar-refractivity contribution in [1.82, 2.24) is 5.43 Å². The lowest BCUT2D eigenvalue weighted by Gasteiger charge is -2.03. The summed E-state index contributed by atoms with van der Waals surface area (Å²) in [5, 5.41) is 4.74. The monoisotopic (exact) mass is 444 g/mol. The summed E-state index contributed by atoms with van der Waals surface area (Å²) in [5.41, 5.74) is 3.97. The molecule has 1 N–H and O–H groups in total. The van der Waals surface area contributed by atoms with Crippen LogP contribution in [0.4, 0.5) is 0 Å². The third-order valence-electron chi connectivity index (χ3n) is 3.43. The van der Waals surface area contributed by atoms with Crippen LogP contribution in [0.5, 0.6) is 0 Å². The van der Waals surface area contributed by atoms with Crippen LogP contribution in [0.25, 0.3) is 0 Å². The van der Waals surface area contributed by atoms with E-state index < -0.39 is 0 Å². The number of amides is 1. The fourth-order valence-corrected chi connectivity index (χ4v) is 3.54. The molecular formula is C20H14BrClN2OS. The van der Waals surface area contributed by atoms with Crippen LogP contribution >= 0.6 is 39.3 Å². The van der Waals surface area contributed by atoms with E-state index in [1.165, 1.54) is 0 Å². The Morgan fingerprint density at radius 1 is 0.962 bits per heavy atom. The van der Waals surface area contributed by atoms with Crippen molar-refractivity contribution in [3.63, 3.8) is 0 Å². The third-order valence-corrected chi connectivity index (χ3v) is 5.39. The lowest BCUT2D eigenvalue weighted by Crippen LogP contribution is -2.18. The van der Waals surface area contributed by atoms with Gasteiger partial charge in [0.1, 0.15) is 0 Å². The number of hydrazone groups is 1. The first-order valence-corrected chi connectivity index (χ1v) is 9.72. The maximum atomic E-state index is 12.1. The number of halogens is 2. The highest BCUT2D eigenvalue weighted by atomic mass is 79.9. The smallest absolute Gasteiger partial charge is 0.267 e. The van der Waals surface area contributed by atoms with Gasteiger partial charge in [-0.1, -0.05) is 47.6 Å². The second kappa shape index (κ2) is 9.03. The second-order valence-electron chi connectivity index (χ2n) is 5.30. The molecule has 130 valence electrons. The van der Waals surface area contributed by atoms with Crippen LogP contribution in [0.1, 0.15) is 15.9 Å². The summed E-state index contributed by atoms with van der Waals surface area (Å²) in [6, 6.07) is 22.9. The molecular weight excluding hydrogens is 432 g/mol. The minimum absolute atomic E-state index is 0.261. The van der Waals surface area contributed by atoms with Crippen LogP contribution < -0.4 is 5.43 Å². The molecule has 0 aliphatic rings. The van der Waals surface area contributed by atoms with Crippen LogP contribution in [0, 0.1) is 0 Å². The molecule has 0 atom stereocenters. The summed E-state index contributed by atoms with van der Waals surface area (Å²) in [6.07, 6.45) is 1.62. The molecule has 0 heterocycles. The highest BCUT2D eigenvalue weighted by Crippen LogP contribution is 2.28. The number of hydrogen-bond acceptors (Lipinski definition) is 3. The van der Waals surface area contributed by atoms with E-state index in [4.69, 9.17) is 11.6 Å². The van der Waals surface area contributed by atoms with E-state index in [2.05, 4.69) is 26.5 Å². The summed E-state index contributed by atoms with van der Waals surface area (Å²) in [6.45, 7) is 0. The Morgan fingerprint density at radius 3 is 2.23 bits per heavy atom. The van der Waals surface area contributed by atoms with Gasteiger partial charge in [0.15, 0.2) is 0 Å². The maximum absolute atomic E-state index is 12.1. The number of nitrogens with one attached hydrogen (secondary N) is 1. The number of hydrogen-bond donors (Lipinski definition) is 1. The molecule has 0 unspecified atom stereocenters. The molecule has 3 nitrogen and oxygen atoms in total. The average molecular weight is 446 g/mol. The summed E-state index contributed by atoms with van der Waals surface area (Å²) in [4.78, 5) is 14.3. The van der Waals surface area contributed by atoms with Crippen molar-refractivity contribution in [2.45, 2.75) is 9.79 Å². The van der Waals surface area contributed by atoms with Crippen molar-refractivity contribution in [2.24, 2.45) is 5.10 Å². The van der Waals surface area contributed by atoms with Gasteiger partial charge in [0.2, 0.25) is 0 Å². The molecule has 0 saturated carbocycles. The third kappa shape index (κ3) is 5.21. The number of nitrogens with zero attached hydrogens (tertiary/aromatic N) is 1. The second-order valence-corrected chi connectivity index (χ2v) is 7.74. The van der Waals surface area contributed by atoms with E-state index in [-0.39, 0.29) is 5.91 Å². The van der Waals surface area contributed by atoms with E-state index in [1.54, 1.807) is 30.1 Å². The zero-order valence-corrected chi connectivity index (χ0v) is 16.7. The molecule has 0 aromatic heterocycles. The van der Waals surface area contributed by atoms with Gasteiger partial charge in [-0.15, -0.1) is 0 Å². The van der Waals surface area contributed by atoms with Gasteiger partial charge in [-0.2, -0.15) is 5.10 Å².